The predicted octanol–water partition coefficient (Wildman–Crippen LogP) is 0.250. The van der Waals surface area contributed by atoms with Crippen molar-refractivity contribution < 1.29 is 4.79 Å². The molecule has 10 heavy (non-hydrogen) atoms. The first-order chi connectivity index (χ1) is 4.70. The Balaban J connectivity index is 3.37. The summed E-state index contributed by atoms with van der Waals surface area (Å²) in [5.41, 5.74) is 5.19. The van der Waals surface area contributed by atoms with E-state index in [1.54, 1.807) is 0 Å². The topological polar surface area (TPSA) is 55.1 Å². The lowest BCUT2D eigenvalue weighted by molar-refractivity contribution is -0.121. The third-order valence-corrected chi connectivity index (χ3v) is 1.39. The largest absolute Gasteiger partial charge is 0.354 e. The normalized spacial score (nSPS) is 12.7. The fourth-order valence-corrected chi connectivity index (χ4v) is 0.580. The first-order valence-electron chi connectivity index (χ1n) is 3.70. The number of hydrogen-bond donors (Lipinski definition) is 2. The molecule has 0 fully saturated rings. The van der Waals surface area contributed by atoms with Gasteiger partial charge in [0.05, 0.1) is 0 Å². The van der Waals surface area contributed by atoms with Crippen LogP contribution in [0.1, 0.15) is 26.7 Å². The van der Waals surface area contributed by atoms with E-state index in [2.05, 4.69) is 5.32 Å². The standard InChI is InChI=1S/C7H16N2O/c1-3-6(2)9-7(10)4-5-8/h6H,3-5,8H2,1-2H3,(H,9,10)/t6-/m0/s1. The van der Waals surface area contributed by atoms with E-state index in [0.29, 0.717) is 13.0 Å². The molecule has 0 heterocycles. The Morgan fingerprint density at radius 3 is 2.70 bits per heavy atom. The van der Waals surface area contributed by atoms with Gasteiger partial charge in [-0.05, 0) is 13.3 Å². The molecule has 0 aromatic heterocycles. The van der Waals surface area contributed by atoms with Crippen molar-refractivity contribution >= 4 is 5.91 Å². The molecule has 0 aromatic carbocycles. The maximum Gasteiger partial charge on any atom is 0.221 e. The molecule has 0 aliphatic carbocycles. The molecule has 1 atom stereocenters. The van der Waals surface area contributed by atoms with Crippen LogP contribution in [0.2, 0.25) is 0 Å². The molecule has 1 amide bonds. The molecule has 0 aromatic rings. The molecular formula is C7H16N2O. The number of rotatable bonds is 4. The van der Waals surface area contributed by atoms with Gasteiger partial charge < -0.3 is 11.1 Å². The third kappa shape index (κ3) is 4.32. The maximum atomic E-state index is 10.8. The average molecular weight is 144 g/mol. The zero-order valence-electron chi connectivity index (χ0n) is 6.68. The molecule has 0 saturated carbocycles. The SMILES string of the molecule is CC[C@H](C)NC(=O)CCN. The summed E-state index contributed by atoms with van der Waals surface area (Å²) >= 11 is 0. The molecule has 0 bridgehead atoms. The van der Waals surface area contributed by atoms with E-state index in [1.807, 2.05) is 13.8 Å². The van der Waals surface area contributed by atoms with Gasteiger partial charge in [-0.3, -0.25) is 4.79 Å². The van der Waals surface area contributed by atoms with Crippen molar-refractivity contribution in [1.82, 2.24) is 5.32 Å². The van der Waals surface area contributed by atoms with E-state index < -0.39 is 0 Å². The second-order valence-corrected chi connectivity index (χ2v) is 2.42. The number of hydrogen-bond acceptors (Lipinski definition) is 2. The highest BCUT2D eigenvalue weighted by Crippen LogP contribution is 1.87. The summed E-state index contributed by atoms with van der Waals surface area (Å²) in [4.78, 5) is 10.8. The summed E-state index contributed by atoms with van der Waals surface area (Å²) in [6, 6.07) is 0.277. The lowest BCUT2D eigenvalue weighted by atomic mass is 10.2. The van der Waals surface area contributed by atoms with Crippen molar-refractivity contribution in [2.45, 2.75) is 32.7 Å². The maximum absolute atomic E-state index is 10.8. The van der Waals surface area contributed by atoms with Gasteiger partial charge >= 0.3 is 0 Å². The Labute approximate surface area is 62.0 Å². The fraction of sp³-hybridized carbons (Fsp3) is 0.857. The minimum atomic E-state index is 0.0526. The summed E-state index contributed by atoms with van der Waals surface area (Å²) in [6.45, 7) is 4.45. The molecule has 0 saturated heterocycles. The van der Waals surface area contributed by atoms with Crippen molar-refractivity contribution in [2.75, 3.05) is 6.54 Å². The highest BCUT2D eigenvalue weighted by Gasteiger charge is 2.02. The quantitative estimate of drug-likeness (QED) is 0.594. The summed E-state index contributed by atoms with van der Waals surface area (Å²) < 4.78 is 0. The van der Waals surface area contributed by atoms with Crippen LogP contribution in [0.3, 0.4) is 0 Å². The van der Waals surface area contributed by atoms with E-state index in [4.69, 9.17) is 5.73 Å². The van der Waals surface area contributed by atoms with Crippen molar-refractivity contribution in [2.24, 2.45) is 5.73 Å². The molecule has 0 aliphatic heterocycles. The highest BCUT2D eigenvalue weighted by atomic mass is 16.1. The minimum absolute atomic E-state index is 0.0526. The first kappa shape index (κ1) is 9.43. The molecule has 60 valence electrons. The van der Waals surface area contributed by atoms with Crippen LogP contribution < -0.4 is 11.1 Å². The van der Waals surface area contributed by atoms with Gasteiger partial charge in [0.2, 0.25) is 5.91 Å². The van der Waals surface area contributed by atoms with Crippen LogP contribution in [0.4, 0.5) is 0 Å². The lowest BCUT2D eigenvalue weighted by Crippen LogP contribution is -2.33. The Kier molecular flexibility index (Phi) is 4.94. The zero-order chi connectivity index (χ0) is 7.98. The number of carbonyl (C=O) groups is 1. The smallest absolute Gasteiger partial charge is 0.221 e. The Morgan fingerprint density at radius 2 is 2.30 bits per heavy atom. The molecule has 0 radical (unpaired) electrons. The van der Waals surface area contributed by atoms with E-state index in [9.17, 15) is 4.79 Å². The van der Waals surface area contributed by atoms with Crippen LogP contribution in [0, 0.1) is 0 Å². The van der Waals surface area contributed by atoms with Gasteiger partial charge in [-0.25, -0.2) is 0 Å². The van der Waals surface area contributed by atoms with Crippen LogP contribution in [-0.4, -0.2) is 18.5 Å². The third-order valence-electron chi connectivity index (χ3n) is 1.39. The van der Waals surface area contributed by atoms with Gasteiger partial charge in [-0.1, -0.05) is 6.92 Å². The first-order valence-corrected chi connectivity index (χ1v) is 3.70. The minimum Gasteiger partial charge on any atom is -0.354 e. The van der Waals surface area contributed by atoms with Crippen LogP contribution in [0.5, 0.6) is 0 Å². The van der Waals surface area contributed by atoms with Gasteiger partial charge in [-0.15, -0.1) is 0 Å². The van der Waals surface area contributed by atoms with Crippen LogP contribution >= 0.6 is 0 Å². The van der Waals surface area contributed by atoms with Crippen molar-refractivity contribution in [3.05, 3.63) is 0 Å². The second-order valence-electron chi connectivity index (χ2n) is 2.42. The molecule has 3 nitrogen and oxygen atoms in total. The molecule has 0 unspecified atom stereocenters. The lowest BCUT2D eigenvalue weighted by Gasteiger charge is -2.09. The number of nitrogens with one attached hydrogen (secondary N) is 1. The summed E-state index contributed by atoms with van der Waals surface area (Å²) in [6.07, 6.45) is 1.40. The second kappa shape index (κ2) is 5.23. The Hall–Kier alpha value is -0.570. The van der Waals surface area contributed by atoms with Crippen LogP contribution in [-0.2, 0) is 4.79 Å². The zero-order valence-corrected chi connectivity index (χ0v) is 6.68. The van der Waals surface area contributed by atoms with Crippen molar-refractivity contribution in [1.29, 1.82) is 0 Å². The molecule has 0 rings (SSSR count). The van der Waals surface area contributed by atoms with Crippen molar-refractivity contribution in [3.63, 3.8) is 0 Å². The van der Waals surface area contributed by atoms with Gasteiger partial charge in [-0.2, -0.15) is 0 Å². The van der Waals surface area contributed by atoms with Gasteiger partial charge in [0, 0.05) is 19.0 Å². The van der Waals surface area contributed by atoms with Crippen LogP contribution in [0.25, 0.3) is 0 Å². The Morgan fingerprint density at radius 1 is 1.70 bits per heavy atom. The van der Waals surface area contributed by atoms with Gasteiger partial charge in [0.25, 0.3) is 0 Å². The average Bonchev–Trinajstić information content (AvgIpc) is 1.88. The van der Waals surface area contributed by atoms with Crippen LogP contribution in [0.15, 0.2) is 0 Å². The molecular weight excluding hydrogens is 128 g/mol. The van der Waals surface area contributed by atoms with Crippen molar-refractivity contribution in [3.8, 4) is 0 Å². The van der Waals surface area contributed by atoms with E-state index in [0.717, 1.165) is 6.42 Å². The number of carbonyl (C=O) groups excluding carboxylic acids is 1. The van der Waals surface area contributed by atoms with E-state index in [-0.39, 0.29) is 11.9 Å². The summed E-state index contributed by atoms with van der Waals surface area (Å²) in [5, 5.41) is 2.81. The molecule has 0 spiro atoms. The van der Waals surface area contributed by atoms with Gasteiger partial charge in [0.1, 0.15) is 0 Å². The monoisotopic (exact) mass is 144 g/mol. The summed E-state index contributed by atoms with van der Waals surface area (Å²) in [5.74, 6) is 0.0526. The molecule has 3 N–H and O–H groups in total. The fourth-order valence-electron chi connectivity index (χ4n) is 0.580. The highest BCUT2D eigenvalue weighted by molar-refractivity contribution is 5.76. The molecule has 0 aliphatic rings. The Bertz CT molecular complexity index is 104. The van der Waals surface area contributed by atoms with E-state index >= 15 is 0 Å². The number of nitrogens with two attached hydrogens (primary N) is 1. The number of amides is 1. The predicted molar refractivity (Wildman–Crippen MR) is 41.6 cm³/mol. The van der Waals surface area contributed by atoms with E-state index in [1.165, 1.54) is 0 Å². The van der Waals surface area contributed by atoms with Gasteiger partial charge in [0.15, 0.2) is 0 Å². The molecule has 3 heteroatoms. The summed E-state index contributed by atoms with van der Waals surface area (Å²) in [7, 11) is 0.